The van der Waals surface area contributed by atoms with Crippen molar-refractivity contribution >= 4 is 35.0 Å². The van der Waals surface area contributed by atoms with Crippen molar-refractivity contribution in [2.45, 2.75) is 29.8 Å². The van der Waals surface area contributed by atoms with Gasteiger partial charge in [0.1, 0.15) is 5.82 Å². The van der Waals surface area contributed by atoms with E-state index in [-0.39, 0.29) is 5.82 Å². The van der Waals surface area contributed by atoms with E-state index < -0.39 is 0 Å². The highest BCUT2D eigenvalue weighted by atomic mass is 35.5. The summed E-state index contributed by atoms with van der Waals surface area (Å²) in [5.74, 6) is 1.26. The van der Waals surface area contributed by atoms with Gasteiger partial charge in [-0.15, -0.1) is 10.2 Å². The van der Waals surface area contributed by atoms with Gasteiger partial charge in [-0.25, -0.2) is 4.39 Å². The molecule has 0 N–H and O–H groups in total. The lowest BCUT2D eigenvalue weighted by Crippen LogP contribution is -2.00. The Balaban J connectivity index is 1.59. The zero-order valence-electron chi connectivity index (χ0n) is 13.1. The minimum Gasteiger partial charge on any atom is -0.299 e. The first kappa shape index (κ1) is 16.9. The molecule has 1 aromatic heterocycles. The molecular weight excluding hydrogens is 380 g/mol. The molecule has 3 nitrogen and oxygen atoms in total. The molecule has 0 spiro atoms. The van der Waals surface area contributed by atoms with Crippen molar-refractivity contribution in [2.75, 3.05) is 0 Å². The lowest BCUT2D eigenvalue weighted by molar-refractivity contribution is 0.627. The molecular formula is C18H14Cl2FN3S. The summed E-state index contributed by atoms with van der Waals surface area (Å²) in [4.78, 5) is 0. The molecule has 0 aliphatic heterocycles. The van der Waals surface area contributed by atoms with E-state index in [1.807, 2.05) is 12.1 Å². The van der Waals surface area contributed by atoms with E-state index in [0.29, 0.717) is 16.1 Å². The second kappa shape index (κ2) is 6.98. The van der Waals surface area contributed by atoms with Crippen molar-refractivity contribution in [3.8, 4) is 11.4 Å². The number of hydrogen-bond donors (Lipinski definition) is 0. The number of aromatic nitrogens is 3. The van der Waals surface area contributed by atoms with Crippen LogP contribution < -0.4 is 0 Å². The SMILES string of the molecule is Fc1ccc(-c2nnc(SCc3ccc(Cl)c(Cl)c3)n2C2CC2)cc1. The van der Waals surface area contributed by atoms with Crippen LogP contribution >= 0.6 is 35.0 Å². The van der Waals surface area contributed by atoms with Crippen LogP contribution in [-0.2, 0) is 5.75 Å². The minimum absolute atomic E-state index is 0.254. The highest BCUT2D eigenvalue weighted by Gasteiger charge is 2.30. The van der Waals surface area contributed by atoms with Crippen LogP contribution in [0.2, 0.25) is 10.0 Å². The van der Waals surface area contributed by atoms with Crippen LogP contribution in [0.5, 0.6) is 0 Å². The Bertz CT molecular complexity index is 907. The summed E-state index contributed by atoms with van der Waals surface area (Å²) in [6, 6.07) is 12.4. The van der Waals surface area contributed by atoms with Gasteiger partial charge >= 0.3 is 0 Å². The number of hydrogen-bond acceptors (Lipinski definition) is 3. The average Bonchev–Trinajstić information content (AvgIpc) is 3.36. The van der Waals surface area contributed by atoms with Gasteiger partial charge in [0.2, 0.25) is 0 Å². The predicted molar refractivity (Wildman–Crippen MR) is 99.7 cm³/mol. The fraction of sp³-hybridized carbons (Fsp3) is 0.222. The maximum atomic E-state index is 13.2. The monoisotopic (exact) mass is 393 g/mol. The van der Waals surface area contributed by atoms with Crippen molar-refractivity contribution in [2.24, 2.45) is 0 Å². The first-order valence-corrected chi connectivity index (χ1v) is 9.63. The maximum absolute atomic E-state index is 13.2. The molecule has 128 valence electrons. The van der Waals surface area contributed by atoms with Crippen LogP contribution in [0.3, 0.4) is 0 Å². The van der Waals surface area contributed by atoms with Gasteiger partial charge in [0.05, 0.1) is 10.0 Å². The number of nitrogens with zero attached hydrogens (tertiary/aromatic N) is 3. The van der Waals surface area contributed by atoms with Crippen LogP contribution in [0.25, 0.3) is 11.4 Å². The molecule has 0 atom stereocenters. The maximum Gasteiger partial charge on any atom is 0.192 e. The molecule has 1 aliphatic carbocycles. The third kappa shape index (κ3) is 3.68. The number of thioether (sulfide) groups is 1. The summed E-state index contributed by atoms with van der Waals surface area (Å²) in [7, 11) is 0. The quantitative estimate of drug-likeness (QED) is 0.496. The normalized spacial score (nSPS) is 14.0. The molecule has 0 amide bonds. The van der Waals surface area contributed by atoms with Crippen molar-refractivity contribution in [3.63, 3.8) is 0 Å². The third-order valence-corrected chi connectivity index (χ3v) is 5.78. The van der Waals surface area contributed by atoms with Gasteiger partial charge in [0.25, 0.3) is 0 Å². The van der Waals surface area contributed by atoms with Crippen molar-refractivity contribution in [1.82, 2.24) is 14.8 Å². The first-order valence-electron chi connectivity index (χ1n) is 7.89. The van der Waals surface area contributed by atoms with Crippen molar-refractivity contribution in [1.29, 1.82) is 0 Å². The standard InChI is InChI=1S/C18H14Cl2FN3S/c19-15-8-1-11(9-16(15)20)10-25-18-23-22-17(24(18)14-6-7-14)12-2-4-13(21)5-3-12/h1-5,8-9,14H,6-7,10H2. The summed E-state index contributed by atoms with van der Waals surface area (Å²) in [6.45, 7) is 0. The topological polar surface area (TPSA) is 30.7 Å². The molecule has 0 radical (unpaired) electrons. The Morgan fingerprint density at radius 3 is 2.48 bits per heavy atom. The van der Waals surface area contributed by atoms with Gasteiger partial charge in [-0.3, -0.25) is 4.57 Å². The van der Waals surface area contributed by atoms with Crippen LogP contribution in [0.4, 0.5) is 4.39 Å². The van der Waals surface area contributed by atoms with E-state index in [9.17, 15) is 4.39 Å². The Morgan fingerprint density at radius 2 is 1.80 bits per heavy atom. The van der Waals surface area contributed by atoms with E-state index in [0.717, 1.165) is 40.7 Å². The molecule has 7 heteroatoms. The Hall–Kier alpha value is -1.56. The Morgan fingerprint density at radius 1 is 1.04 bits per heavy atom. The fourth-order valence-electron chi connectivity index (χ4n) is 2.61. The van der Waals surface area contributed by atoms with Gasteiger partial charge in [0, 0.05) is 17.4 Å². The highest BCUT2D eigenvalue weighted by molar-refractivity contribution is 7.98. The van der Waals surface area contributed by atoms with Crippen LogP contribution in [-0.4, -0.2) is 14.8 Å². The van der Waals surface area contributed by atoms with E-state index in [2.05, 4.69) is 14.8 Å². The Labute approximate surface area is 159 Å². The second-order valence-electron chi connectivity index (χ2n) is 5.95. The minimum atomic E-state index is -0.254. The van der Waals surface area contributed by atoms with E-state index in [1.165, 1.54) is 12.1 Å². The molecule has 0 saturated heterocycles. The molecule has 0 bridgehead atoms. The van der Waals surface area contributed by atoms with Crippen molar-refractivity contribution < 1.29 is 4.39 Å². The molecule has 3 aromatic rings. The average molecular weight is 394 g/mol. The smallest absolute Gasteiger partial charge is 0.192 e. The molecule has 1 aliphatic rings. The molecule has 0 unspecified atom stereocenters. The number of benzene rings is 2. The lowest BCUT2D eigenvalue weighted by atomic mass is 10.2. The summed E-state index contributed by atoms with van der Waals surface area (Å²) >= 11 is 13.7. The zero-order valence-corrected chi connectivity index (χ0v) is 15.5. The van der Waals surface area contributed by atoms with Gasteiger partial charge < -0.3 is 0 Å². The predicted octanol–water partition coefficient (Wildman–Crippen LogP) is 6.02. The number of halogens is 3. The van der Waals surface area contributed by atoms with Gasteiger partial charge in [-0.1, -0.05) is 41.0 Å². The second-order valence-corrected chi connectivity index (χ2v) is 7.71. The largest absolute Gasteiger partial charge is 0.299 e. The highest BCUT2D eigenvalue weighted by Crippen LogP contribution is 2.41. The molecule has 1 fully saturated rings. The number of rotatable bonds is 5. The summed E-state index contributed by atoms with van der Waals surface area (Å²) < 4.78 is 15.3. The third-order valence-electron chi connectivity index (χ3n) is 4.03. The van der Waals surface area contributed by atoms with Crippen molar-refractivity contribution in [3.05, 3.63) is 63.9 Å². The van der Waals surface area contributed by atoms with Gasteiger partial charge in [-0.2, -0.15) is 0 Å². The molecule has 4 rings (SSSR count). The molecule has 1 heterocycles. The molecule has 1 saturated carbocycles. The van der Waals surface area contributed by atoms with Gasteiger partial charge in [0.15, 0.2) is 11.0 Å². The van der Waals surface area contributed by atoms with Crippen LogP contribution in [0, 0.1) is 5.82 Å². The molecule has 2 aromatic carbocycles. The summed E-state index contributed by atoms with van der Waals surface area (Å²) in [5.41, 5.74) is 1.95. The lowest BCUT2D eigenvalue weighted by Gasteiger charge is -2.09. The summed E-state index contributed by atoms with van der Waals surface area (Å²) in [6.07, 6.45) is 2.24. The zero-order chi connectivity index (χ0) is 17.4. The van der Waals surface area contributed by atoms with Crippen LogP contribution in [0.15, 0.2) is 47.6 Å². The first-order chi connectivity index (χ1) is 12.1. The van der Waals surface area contributed by atoms with E-state index >= 15 is 0 Å². The fourth-order valence-corrected chi connectivity index (χ4v) is 3.88. The Kier molecular flexibility index (Phi) is 4.71. The van der Waals surface area contributed by atoms with E-state index in [1.54, 1.807) is 30.0 Å². The van der Waals surface area contributed by atoms with Crippen LogP contribution in [0.1, 0.15) is 24.4 Å². The summed E-state index contributed by atoms with van der Waals surface area (Å²) in [5, 5.41) is 10.7. The van der Waals surface area contributed by atoms with Gasteiger partial charge in [-0.05, 0) is 54.8 Å². The molecule has 25 heavy (non-hydrogen) atoms. The van der Waals surface area contributed by atoms with E-state index in [4.69, 9.17) is 23.2 Å².